The molecule has 0 radical (unpaired) electrons. The van der Waals surface area contributed by atoms with E-state index in [-0.39, 0.29) is 5.91 Å². The van der Waals surface area contributed by atoms with Gasteiger partial charge in [0, 0.05) is 0 Å². The van der Waals surface area contributed by atoms with Crippen molar-refractivity contribution in [1.29, 1.82) is 0 Å². The van der Waals surface area contributed by atoms with Crippen LogP contribution >= 0.6 is 18.6 Å². The predicted octanol–water partition coefficient (Wildman–Crippen LogP) is 3.59. The molecule has 120 valence electrons. The number of carbonyl (C=O) groups is 2. The molecule has 4 nitrogen and oxygen atoms in total. The van der Waals surface area contributed by atoms with Crippen LogP contribution in [0.5, 0.6) is 0 Å². The summed E-state index contributed by atoms with van der Waals surface area (Å²) in [6.45, 7) is 8.44. The molecule has 0 unspecified atom stereocenters. The summed E-state index contributed by atoms with van der Waals surface area (Å²) >= 11 is 1.31. The van der Waals surface area contributed by atoms with Crippen molar-refractivity contribution in [2.45, 2.75) is 27.7 Å². The summed E-state index contributed by atoms with van der Waals surface area (Å²) in [6, 6.07) is 0. The third-order valence-electron chi connectivity index (χ3n) is 4.40. The molecule has 1 rings (SSSR count). The van der Waals surface area contributed by atoms with Gasteiger partial charge in [-0.2, -0.15) is 0 Å². The van der Waals surface area contributed by atoms with Crippen molar-refractivity contribution >= 4 is 36.2 Å². The Morgan fingerprint density at radius 3 is 2.29 bits per heavy atom. The number of methoxy groups -OCH3 is 1. The van der Waals surface area contributed by atoms with Crippen molar-refractivity contribution in [3.05, 3.63) is 15.8 Å². The molecule has 0 fully saturated rings. The Balaban J connectivity index is 2.89. The average Bonchev–Trinajstić information content (AvgIpc) is 2.85. The van der Waals surface area contributed by atoms with Crippen molar-refractivity contribution in [1.82, 2.24) is 0 Å². The zero-order valence-electron chi connectivity index (χ0n) is 13.5. The molecule has 0 bridgehead atoms. The maximum absolute atomic E-state index is 12.4. The Bertz CT molecular complexity index is 501. The SMILES string of the molecule is CC[PH](CC)(CC)CC(=O)Nc1c(C)csc1C(=O)OC. The second kappa shape index (κ2) is 7.90. The molecule has 0 aliphatic heterocycles. The van der Waals surface area contributed by atoms with Gasteiger partial charge in [0.25, 0.3) is 0 Å². The van der Waals surface area contributed by atoms with E-state index in [0.29, 0.717) is 16.7 Å². The van der Waals surface area contributed by atoms with E-state index in [9.17, 15) is 9.59 Å². The van der Waals surface area contributed by atoms with Crippen LogP contribution in [0.4, 0.5) is 5.69 Å². The molecule has 6 heteroatoms. The van der Waals surface area contributed by atoms with Crippen LogP contribution in [-0.2, 0) is 9.53 Å². The second-order valence-corrected chi connectivity index (χ2v) is 11.8. The first-order valence-corrected chi connectivity index (χ1v) is 11.1. The molecule has 0 saturated carbocycles. The summed E-state index contributed by atoms with van der Waals surface area (Å²) in [7, 11) is -0.156. The minimum atomic E-state index is -1.51. The average molecular weight is 331 g/mol. The molecule has 1 amide bonds. The number of nitrogens with one attached hydrogen (secondary N) is 1. The van der Waals surface area contributed by atoms with Crippen LogP contribution in [0.1, 0.15) is 36.0 Å². The number of carbonyl (C=O) groups excluding carboxylic acids is 2. The number of hydrogen-bond donors (Lipinski definition) is 1. The zero-order valence-corrected chi connectivity index (χ0v) is 15.4. The molecule has 21 heavy (non-hydrogen) atoms. The first-order chi connectivity index (χ1) is 9.92. The summed E-state index contributed by atoms with van der Waals surface area (Å²) in [5, 5.41) is 4.80. The minimum absolute atomic E-state index is 0.0267. The Kier molecular flexibility index (Phi) is 6.82. The van der Waals surface area contributed by atoms with Crippen LogP contribution in [-0.4, -0.2) is 43.6 Å². The van der Waals surface area contributed by atoms with E-state index in [1.165, 1.54) is 18.4 Å². The monoisotopic (exact) mass is 331 g/mol. The third-order valence-corrected chi connectivity index (χ3v) is 11.0. The number of anilines is 1. The van der Waals surface area contributed by atoms with Crippen molar-refractivity contribution in [3.8, 4) is 0 Å². The van der Waals surface area contributed by atoms with E-state index < -0.39 is 13.2 Å². The van der Waals surface area contributed by atoms with E-state index in [4.69, 9.17) is 4.74 Å². The molecule has 1 aromatic heterocycles. The molecule has 0 saturated heterocycles. The van der Waals surface area contributed by atoms with Gasteiger partial charge in [-0.15, -0.1) is 0 Å². The van der Waals surface area contributed by atoms with Crippen LogP contribution in [0, 0.1) is 6.92 Å². The van der Waals surface area contributed by atoms with Crippen LogP contribution in [0.25, 0.3) is 0 Å². The van der Waals surface area contributed by atoms with E-state index >= 15 is 0 Å². The summed E-state index contributed by atoms with van der Waals surface area (Å²) in [5.41, 5.74) is 1.52. The van der Waals surface area contributed by atoms with Gasteiger partial charge < -0.3 is 0 Å². The number of thiophene rings is 1. The Morgan fingerprint density at radius 1 is 1.24 bits per heavy atom. The first kappa shape index (κ1) is 18.1. The number of ether oxygens (including phenoxy) is 1. The molecule has 1 N–H and O–H groups in total. The van der Waals surface area contributed by atoms with Crippen molar-refractivity contribution < 1.29 is 14.3 Å². The first-order valence-electron chi connectivity index (χ1n) is 7.39. The summed E-state index contributed by atoms with van der Waals surface area (Å²) in [6.07, 6.45) is 3.95. The van der Waals surface area contributed by atoms with Crippen LogP contribution in [0.15, 0.2) is 5.38 Å². The normalized spacial score (nSPS) is 12.0. The molecule has 0 aliphatic carbocycles. The van der Waals surface area contributed by atoms with Crippen LogP contribution < -0.4 is 5.32 Å². The van der Waals surface area contributed by atoms with E-state index in [1.54, 1.807) is 0 Å². The van der Waals surface area contributed by atoms with Crippen molar-refractivity contribution in [3.63, 3.8) is 0 Å². The van der Waals surface area contributed by atoms with E-state index in [1.807, 2.05) is 12.3 Å². The number of amides is 1. The van der Waals surface area contributed by atoms with Gasteiger partial charge in [-0.1, -0.05) is 0 Å². The predicted molar refractivity (Wildman–Crippen MR) is 93.8 cm³/mol. The van der Waals surface area contributed by atoms with Gasteiger partial charge in [0.1, 0.15) is 0 Å². The molecule has 1 heterocycles. The number of hydrogen-bond acceptors (Lipinski definition) is 4. The fourth-order valence-corrected chi connectivity index (χ4v) is 6.43. The Hall–Kier alpha value is -0.930. The summed E-state index contributed by atoms with van der Waals surface area (Å²) in [4.78, 5) is 24.6. The molecule has 1 aromatic rings. The fraction of sp³-hybridized carbons (Fsp3) is 0.600. The van der Waals surface area contributed by atoms with Gasteiger partial charge >= 0.3 is 131 Å². The zero-order chi connectivity index (χ0) is 16.0. The molecule has 0 aromatic carbocycles. The van der Waals surface area contributed by atoms with Gasteiger partial charge in [-0.05, 0) is 0 Å². The van der Waals surface area contributed by atoms with Crippen molar-refractivity contribution in [2.75, 3.05) is 37.1 Å². The fourth-order valence-electron chi connectivity index (χ4n) is 2.49. The third kappa shape index (κ3) is 4.27. The molecular weight excluding hydrogens is 305 g/mol. The van der Waals surface area contributed by atoms with Gasteiger partial charge in [-0.25, -0.2) is 0 Å². The Morgan fingerprint density at radius 2 is 1.81 bits per heavy atom. The molecule has 0 atom stereocenters. The Labute approximate surface area is 131 Å². The second-order valence-electron chi connectivity index (χ2n) is 5.40. The number of rotatable bonds is 7. The number of aryl methyl sites for hydroxylation is 1. The summed E-state index contributed by atoms with van der Waals surface area (Å²) < 4.78 is 4.77. The van der Waals surface area contributed by atoms with Crippen LogP contribution in [0.3, 0.4) is 0 Å². The van der Waals surface area contributed by atoms with E-state index in [0.717, 1.165) is 24.0 Å². The topological polar surface area (TPSA) is 55.4 Å². The van der Waals surface area contributed by atoms with Crippen molar-refractivity contribution in [2.24, 2.45) is 0 Å². The standard InChI is InChI=1S/C15H26NO3PS/c1-6-20(7-2,8-3)9-12(17)16-13-11(4)10-21-14(13)15(18)19-5/h10,20H,6-9H2,1-5H3,(H,16,17). The molecular formula is C15H26NO3PS. The molecule has 0 spiro atoms. The van der Waals surface area contributed by atoms with Gasteiger partial charge in [0.05, 0.1) is 0 Å². The van der Waals surface area contributed by atoms with Crippen LogP contribution in [0.2, 0.25) is 0 Å². The summed E-state index contributed by atoms with van der Waals surface area (Å²) in [5.74, 6) is -0.368. The van der Waals surface area contributed by atoms with Gasteiger partial charge in [0.2, 0.25) is 0 Å². The van der Waals surface area contributed by atoms with E-state index in [2.05, 4.69) is 26.1 Å². The maximum atomic E-state index is 12.4. The van der Waals surface area contributed by atoms with Gasteiger partial charge in [-0.3, -0.25) is 0 Å². The molecule has 0 aliphatic rings. The van der Waals surface area contributed by atoms with Gasteiger partial charge in [0.15, 0.2) is 0 Å². The quantitative estimate of drug-likeness (QED) is 0.613. The number of esters is 1.